The van der Waals surface area contributed by atoms with Gasteiger partial charge in [0, 0.05) is 19.1 Å². The molecule has 0 aliphatic carbocycles. The van der Waals surface area contributed by atoms with Crippen LogP contribution in [-0.2, 0) is 6.54 Å². The van der Waals surface area contributed by atoms with Crippen LogP contribution in [0.2, 0.25) is 0 Å². The van der Waals surface area contributed by atoms with Gasteiger partial charge >= 0.3 is 0 Å². The topological polar surface area (TPSA) is 15.3 Å². The second-order valence-electron chi connectivity index (χ2n) is 6.01. The van der Waals surface area contributed by atoms with Crippen LogP contribution in [0.25, 0.3) is 0 Å². The highest BCUT2D eigenvalue weighted by Crippen LogP contribution is 2.29. The summed E-state index contributed by atoms with van der Waals surface area (Å²) < 4.78 is 12.9. The van der Waals surface area contributed by atoms with Crippen LogP contribution in [0, 0.1) is 11.2 Å². The molecule has 1 unspecified atom stereocenters. The normalized spacial score (nSPS) is 23.3. The summed E-state index contributed by atoms with van der Waals surface area (Å²) in [6.45, 7) is 7.65. The molecule has 1 saturated heterocycles. The largest absolute Gasteiger partial charge is 0.316 e. The van der Waals surface area contributed by atoms with Gasteiger partial charge in [-0.3, -0.25) is 4.90 Å². The van der Waals surface area contributed by atoms with E-state index in [0.717, 1.165) is 19.6 Å². The van der Waals surface area contributed by atoms with Crippen molar-refractivity contribution in [3.05, 3.63) is 35.6 Å². The first-order valence-electron chi connectivity index (χ1n) is 6.64. The third-order valence-electron chi connectivity index (χ3n) is 3.95. The molecule has 0 radical (unpaired) electrons. The lowest BCUT2D eigenvalue weighted by molar-refractivity contribution is 0.0745. The first-order valence-corrected chi connectivity index (χ1v) is 6.64. The van der Waals surface area contributed by atoms with Gasteiger partial charge in [0.2, 0.25) is 0 Å². The molecule has 0 spiro atoms. The van der Waals surface area contributed by atoms with Crippen molar-refractivity contribution < 1.29 is 4.39 Å². The minimum absolute atomic E-state index is 0.163. The van der Waals surface area contributed by atoms with Crippen LogP contribution in [0.1, 0.15) is 25.8 Å². The highest BCUT2D eigenvalue weighted by atomic mass is 19.1. The summed E-state index contributed by atoms with van der Waals surface area (Å²) in [6.07, 6.45) is 1.17. The molecule has 1 atom stereocenters. The molecule has 0 saturated carbocycles. The third kappa shape index (κ3) is 3.09. The standard InChI is InChI=1S/C15H23FN2/c1-15(2)11-17-9-8-14(15)18(3)10-12-4-6-13(16)7-5-12/h4-7,14,17H,8-11H2,1-3H3. The summed E-state index contributed by atoms with van der Waals surface area (Å²) >= 11 is 0. The van der Waals surface area contributed by atoms with Crippen molar-refractivity contribution in [3.63, 3.8) is 0 Å². The van der Waals surface area contributed by atoms with Gasteiger partial charge in [-0.15, -0.1) is 0 Å². The molecule has 18 heavy (non-hydrogen) atoms. The Hall–Kier alpha value is -0.930. The van der Waals surface area contributed by atoms with Gasteiger partial charge in [0.05, 0.1) is 0 Å². The monoisotopic (exact) mass is 250 g/mol. The molecule has 1 aromatic carbocycles. The molecule has 0 aromatic heterocycles. The highest BCUT2D eigenvalue weighted by Gasteiger charge is 2.34. The second-order valence-corrected chi connectivity index (χ2v) is 6.01. The number of hydrogen-bond acceptors (Lipinski definition) is 2. The molecule has 1 heterocycles. The van der Waals surface area contributed by atoms with Gasteiger partial charge in [0.1, 0.15) is 5.82 Å². The number of benzene rings is 1. The van der Waals surface area contributed by atoms with Crippen molar-refractivity contribution in [2.75, 3.05) is 20.1 Å². The van der Waals surface area contributed by atoms with E-state index in [4.69, 9.17) is 0 Å². The van der Waals surface area contributed by atoms with E-state index in [9.17, 15) is 4.39 Å². The van der Waals surface area contributed by atoms with E-state index in [1.807, 2.05) is 12.1 Å². The zero-order valence-corrected chi connectivity index (χ0v) is 11.5. The predicted octanol–water partition coefficient (Wildman–Crippen LogP) is 2.65. The average Bonchev–Trinajstić information content (AvgIpc) is 2.31. The van der Waals surface area contributed by atoms with E-state index in [0.29, 0.717) is 6.04 Å². The van der Waals surface area contributed by atoms with Crippen LogP contribution in [0.15, 0.2) is 24.3 Å². The number of nitrogens with one attached hydrogen (secondary N) is 1. The second kappa shape index (κ2) is 5.37. The van der Waals surface area contributed by atoms with E-state index in [1.165, 1.54) is 24.1 Å². The van der Waals surface area contributed by atoms with Crippen LogP contribution in [0.4, 0.5) is 4.39 Å². The molecule has 1 fully saturated rings. The molecule has 100 valence electrons. The summed E-state index contributed by atoms with van der Waals surface area (Å²) in [5, 5.41) is 3.45. The van der Waals surface area contributed by atoms with E-state index < -0.39 is 0 Å². The quantitative estimate of drug-likeness (QED) is 0.887. The summed E-state index contributed by atoms with van der Waals surface area (Å²) in [6, 6.07) is 7.40. The first-order chi connectivity index (χ1) is 8.49. The fourth-order valence-electron chi connectivity index (χ4n) is 2.96. The number of rotatable bonds is 3. The Balaban J connectivity index is 2.02. The number of piperidine rings is 1. The van der Waals surface area contributed by atoms with Crippen molar-refractivity contribution in [2.24, 2.45) is 5.41 Å². The van der Waals surface area contributed by atoms with Crippen molar-refractivity contribution in [3.8, 4) is 0 Å². The number of halogens is 1. The zero-order chi connectivity index (χ0) is 13.2. The molecule has 2 nitrogen and oxygen atoms in total. The van der Waals surface area contributed by atoms with Gasteiger partial charge in [-0.05, 0) is 43.1 Å². The summed E-state index contributed by atoms with van der Waals surface area (Å²) in [5.41, 5.74) is 1.46. The molecular formula is C15H23FN2. The summed E-state index contributed by atoms with van der Waals surface area (Å²) in [4.78, 5) is 2.40. The zero-order valence-electron chi connectivity index (χ0n) is 11.5. The summed E-state index contributed by atoms with van der Waals surface area (Å²) in [5.74, 6) is -0.163. The maximum atomic E-state index is 12.9. The van der Waals surface area contributed by atoms with Gasteiger partial charge in [-0.25, -0.2) is 4.39 Å². The lowest BCUT2D eigenvalue weighted by Crippen LogP contribution is -2.53. The molecule has 1 aliphatic rings. The molecule has 3 heteroatoms. The molecule has 2 rings (SSSR count). The van der Waals surface area contributed by atoms with Crippen molar-refractivity contribution in [2.45, 2.75) is 32.9 Å². The van der Waals surface area contributed by atoms with Crippen LogP contribution in [0.5, 0.6) is 0 Å². The Bertz CT molecular complexity index is 386. The number of hydrogen-bond donors (Lipinski definition) is 1. The van der Waals surface area contributed by atoms with Gasteiger partial charge in [0.25, 0.3) is 0 Å². The fraction of sp³-hybridized carbons (Fsp3) is 0.600. The Morgan fingerprint density at radius 1 is 1.33 bits per heavy atom. The smallest absolute Gasteiger partial charge is 0.123 e. The predicted molar refractivity (Wildman–Crippen MR) is 72.9 cm³/mol. The Morgan fingerprint density at radius 3 is 2.61 bits per heavy atom. The number of nitrogens with zero attached hydrogens (tertiary/aromatic N) is 1. The molecule has 0 amide bonds. The maximum Gasteiger partial charge on any atom is 0.123 e. The van der Waals surface area contributed by atoms with Crippen LogP contribution in [-0.4, -0.2) is 31.1 Å². The minimum atomic E-state index is -0.163. The van der Waals surface area contributed by atoms with Crippen molar-refractivity contribution >= 4 is 0 Å². The van der Waals surface area contributed by atoms with Crippen LogP contribution in [0.3, 0.4) is 0 Å². The Morgan fingerprint density at radius 2 is 2.00 bits per heavy atom. The molecule has 1 aromatic rings. The lowest BCUT2D eigenvalue weighted by Gasteiger charge is -2.44. The fourth-order valence-corrected chi connectivity index (χ4v) is 2.96. The van der Waals surface area contributed by atoms with Crippen LogP contribution < -0.4 is 5.32 Å². The van der Waals surface area contributed by atoms with Gasteiger partial charge in [0.15, 0.2) is 0 Å². The van der Waals surface area contributed by atoms with E-state index >= 15 is 0 Å². The Kier molecular flexibility index (Phi) is 4.03. The summed E-state index contributed by atoms with van der Waals surface area (Å²) in [7, 11) is 2.17. The van der Waals surface area contributed by atoms with Crippen molar-refractivity contribution in [1.82, 2.24) is 10.2 Å². The van der Waals surface area contributed by atoms with E-state index in [-0.39, 0.29) is 11.2 Å². The van der Waals surface area contributed by atoms with Gasteiger partial charge < -0.3 is 5.32 Å². The Labute approximate surface area is 109 Å². The minimum Gasteiger partial charge on any atom is -0.316 e. The first kappa shape index (κ1) is 13.5. The van der Waals surface area contributed by atoms with E-state index in [1.54, 1.807) is 0 Å². The molecule has 0 bridgehead atoms. The lowest BCUT2D eigenvalue weighted by atomic mass is 9.79. The maximum absolute atomic E-state index is 12.9. The van der Waals surface area contributed by atoms with E-state index in [2.05, 4.69) is 31.1 Å². The molecule has 1 N–H and O–H groups in total. The molecule has 1 aliphatic heterocycles. The highest BCUT2D eigenvalue weighted by molar-refractivity contribution is 5.16. The SMILES string of the molecule is CN(Cc1ccc(F)cc1)C1CCNCC1(C)C. The average molecular weight is 250 g/mol. The van der Waals surface area contributed by atoms with Crippen molar-refractivity contribution in [1.29, 1.82) is 0 Å². The van der Waals surface area contributed by atoms with Gasteiger partial charge in [-0.1, -0.05) is 26.0 Å². The van der Waals surface area contributed by atoms with Crippen LogP contribution >= 0.6 is 0 Å². The third-order valence-corrected chi connectivity index (χ3v) is 3.95. The van der Waals surface area contributed by atoms with Gasteiger partial charge in [-0.2, -0.15) is 0 Å². The molecular weight excluding hydrogens is 227 g/mol.